The summed E-state index contributed by atoms with van der Waals surface area (Å²) < 4.78 is 0. The minimum Gasteiger partial charge on any atom is -0.393 e. The first-order valence-corrected chi connectivity index (χ1v) is 9.57. The minimum absolute atomic E-state index is 0.00902. The molecule has 136 valence electrons. The van der Waals surface area contributed by atoms with Crippen molar-refractivity contribution in [3.63, 3.8) is 0 Å². The molecular weight excluding hydrogens is 324 g/mol. The number of amides is 2. The average Bonchev–Trinajstić information content (AvgIpc) is 2.69. The zero-order chi connectivity index (χ0) is 17.9. The van der Waals surface area contributed by atoms with Crippen molar-refractivity contribution < 1.29 is 9.90 Å². The van der Waals surface area contributed by atoms with E-state index in [1.54, 1.807) is 0 Å². The highest BCUT2D eigenvalue weighted by Gasteiger charge is 2.32. The van der Waals surface area contributed by atoms with Crippen LogP contribution in [0.15, 0.2) is 54.6 Å². The van der Waals surface area contributed by atoms with Gasteiger partial charge in [-0.05, 0) is 48.8 Å². The zero-order valence-corrected chi connectivity index (χ0v) is 15.0. The first-order chi connectivity index (χ1) is 12.7. The van der Waals surface area contributed by atoms with E-state index in [2.05, 4.69) is 35.6 Å². The Bertz CT molecular complexity index is 754. The molecule has 0 saturated heterocycles. The van der Waals surface area contributed by atoms with Gasteiger partial charge in [0.05, 0.1) is 12.1 Å². The van der Waals surface area contributed by atoms with E-state index in [0.29, 0.717) is 6.54 Å². The quantitative estimate of drug-likeness (QED) is 0.866. The molecule has 2 aromatic carbocycles. The predicted octanol–water partition coefficient (Wildman–Crippen LogP) is 3.80. The van der Waals surface area contributed by atoms with E-state index in [1.807, 2.05) is 29.2 Å². The monoisotopic (exact) mass is 350 g/mol. The van der Waals surface area contributed by atoms with Crippen LogP contribution in [0.3, 0.4) is 0 Å². The topological polar surface area (TPSA) is 52.6 Å². The molecule has 1 unspecified atom stereocenters. The SMILES string of the molecule is O=C(NC1CCC(O)CC1)N1Cc2ccccc2CC1c1ccccc1. The lowest BCUT2D eigenvalue weighted by Crippen LogP contribution is -2.49. The molecular formula is C22H26N2O2. The summed E-state index contributed by atoms with van der Waals surface area (Å²) in [5.74, 6) is 0. The fraction of sp³-hybridized carbons (Fsp3) is 0.409. The molecule has 1 saturated carbocycles. The van der Waals surface area contributed by atoms with Gasteiger partial charge in [0, 0.05) is 12.6 Å². The molecule has 26 heavy (non-hydrogen) atoms. The molecule has 1 aliphatic carbocycles. The van der Waals surface area contributed by atoms with Gasteiger partial charge in [-0.2, -0.15) is 0 Å². The molecule has 1 fully saturated rings. The molecule has 2 aromatic rings. The highest BCUT2D eigenvalue weighted by atomic mass is 16.3. The number of aliphatic hydroxyl groups is 1. The summed E-state index contributed by atoms with van der Waals surface area (Å²) >= 11 is 0. The summed E-state index contributed by atoms with van der Waals surface area (Å²) in [5, 5.41) is 12.9. The molecule has 4 rings (SSSR count). The molecule has 2 aliphatic rings. The van der Waals surface area contributed by atoms with Gasteiger partial charge in [0.1, 0.15) is 0 Å². The molecule has 4 nitrogen and oxygen atoms in total. The van der Waals surface area contributed by atoms with Crippen LogP contribution in [0.1, 0.15) is 48.4 Å². The number of carbonyl (C=O) groups is 1. The van der Waals surface area contributed by atoms with Crippen LogP contribution in [0.5, 0.6) is 0 Å². The smallest absolute Gasteiger partial charge is 0.318 e. The van der Waals surface area contributed by atoms with Crippen LogP contribution in [0, 0.1) is 0 Å². The number of urea groups is 1. The van der Waals surface area contributed by atoms with Crippen LogP contribution in [0.25, 0.3) is 0 Å². The summed E-state index contributed by atoms with van der Waals surface area (Å²) in [6.07, 6.45) is 3.89. The molecule has 4 heteroatoms. The zero-order valence-electron chi connectivity index (χ0n) is 15.0. The second kappa shape index (κ2) is 7.50. The van der Waals surface area contributed by atoms with Crippen LogP contribution in [-0.2, 0) is 13.0 Å². The van der Waals surface area contributed by atoms with Crippen molar-refractivity contribution in [3.8, 4) is 0 Å². The fourth-order valence-corrected chi connectivity index (χ4v) is 4.19. The van der Waals surface area contributed by atoms with Crippen LogP contribution in [0.2, 0.25) is 0 Å². The molecule has 0 bridgehead atoms. The van der Waals surface area contributed by atoms with E-state index >= 15 is 0 Å². The minimum atomic E-state index is -0.206. The van der Waals surface area contributed by atoms with Gasteiger partial charge in [-0.1, -0.05) is 54.6 Å². The molecule has 0 spiro atoms. The molecule has 2 N–H and O–H groups in total. The third-order valence-corrected chi connectivity index (χ3v) is 5.72. The number of rotatable bonds is 2. The van der Waals surface area contributed by atoms with E-state index in [4.69, 9.17) is 0 Å². The van der Waals surface area contributed by atoms with E-state index in [9.17, 15) is 9.90 Å². The summed E-state index contributed by atoms with van der Waals surface area (Å²) in [4.78, 5) is 15.1. The van der Waals surface area contributed by atoms with Gasteiger partial charge in [-0.25, -0.2) is 4.79 Å². The second-order valence-corrected chi connectivity index (χ2v) is 7.48. The summed E-state index contributed by atoms with van der Waals surface area (Å²) in [6.45, 7) is 0.636. The first-order valence-electron chi connectivity index (χ1n) is 9.57. The number of hydrogen-bond acceptors (Lipinski definition) is 2. The number of benzene rings is 2. The van der Waals surface area contributed by atoms with Crippen LogP contribution < -0.4 is 5.32 Å². The lowest BCUT2D eigenvalue weighted by molar-refractivity contribution is 0.111. The Morgan fingerprint density at radius 1 is 0.923 bits per heavy atom. The Balaban J connectivity index is 1.56. The summed E-state index contributed by atoms with van der Waals surface area (Å²) in [5.41, 5.74) is 3.73. The van der Waals surface area contributed by atoms with E-state index < -0.39 is 0 Å². The number of aliphatic hydroxyl groups excluding tert-OH is 1. The maximum Gasteiger partial charge on any atom is 0.318 e. The normalized spacial score (nSPS) is 25.4. The lowest BCUT2D eigenvalue weighted by Gasteiger charge is -2.38. The van der Waals surface area contributed by atoms with Crippen molar-refractivity contribution >= 4 is 6.03 Å². The summed E-state index contributed by atoms with van der Waals surface area (Å²) in [6, 6.07) is 18.9. The predicted molar refractivity (Wildman–Crippen MR) is 102 cm³/mol. The standard InChI is InChI=1S/C22H26N2O2/c25-20-12-10-19(11-13-20)23-22(26)24-15-18-9-5-4-8-17(18)14-21(24)16-6-2-1-3-7-16/h1-9,19-21,25H,10-15H2,(H,23,26). The fourth-order valence-electron chi connectivity index (χ4n) is 4.19. The third-order valence-electron chi connectivity index (χ3n) is 5.72. The second-order valence-electron chi connectivity index (χ2n) is 7.48. The maximum absolute atomic E-state index is 13.1. The van der Waals surface area contributed by atoms with Crippen molar-refractivity contribution in [2.24, 2.45) is 0 Å². The maximum atomic E-state index is 13.1. The van der Waals surface area contributed by atoms with Crippen molar-refractivity contribution in [2.75, 3.05) is 0 Å². The third kappa shape index (κ3) is 3.61. The van der Waals surface area contributed by atoms with Crippen LogP contribution >= 0.6 is 0 Å². The Labute approximate surface area is 154 Å². The highest BCUT2D eigenvalue weighted by molar-refractivity contribution is 5.75. The molecule has 1 aliphatic heterocycles. The van der Waals surface area contributed by atoms with Crippen molar-refractivity contribution in [3.05, 3.63) is 71.3 Å². The summed E-state index contributed by atoms with van der Waals surface area (Å²) in [7, 11) is 0. The Morgan fingerprint density at radius 3 is 2.31 bits per heavy atom. The number of carbonyl (C=O) groups excluding carboxylic acids is 1. The first kappa shape index (κ1) is 17.1. The van der Waals surface area contributed by atoms with Crippen molar-refractivity contribution in [1.82, 2.24) is 10.2 Å². The van der Waals surface area contributed by atoms with Gasteiger partial charge in [0.25, 0.3) is 0 Å². The van der Waals surface area contributed by atoms with E-state index in [1.165, 1.54) is 16.7 Å². The van der Waals surface area contributed by atoms with Crippen molar-refractivity contribution in [1.29, 1.82) is 0 Å². The Morgan fingerprint density at radius 2 is 1.58 bits per heavy atom. The number of nitrogens with zero attached hydrogens (tertiary/aromatic N) is 1. The largest absolute Gasteiger partial charge is 0.393 e. The van der Waals surface area contributed by atoms with Gasteiger partial charge in [0.2, 0.25) is 0 Å². The molecule has 1 atom stereocenters. The van der Waals surface area contributed by atoms with E-state index in [-0.39, 0.29) is 24.2 Å². The van der Waals surface area contributed by atoms with Gasteiger partial charge in [-0.3, -0.25) is 0 Å². The lowest BCUT2D eigenvalue weighted by atomic mass is 9.90. The van der Waals surface area contributed by atoms with Crippen LogP contribution in [-0.4, -0.2) is 28.2 Å². The van der Waals surface area contributed by atoms with Gasteiger partial charge < -0.3 is 15.3 Å². The molecule has 0 aromatic heterocycles. The van der Waals surface area contributed by atoms with Gasteiger partial charge in [0.15, 0.2) is 0 Å². The Hall–Kier alpha value is -2.33. The molecule has 0 radical (unpaired) electrons. The van der Waals surface area contributed by atoms with E-state index in [0.717, 1.165) is 32.1 Å². The highest BCUT2D eigenvalue weighted by Crippen LogP contribution is 2.33. The molecule has 1 heterocycles. The number of nitrogens with one attached hydrogen (secondary N) is 1. The number of fused-ring (bicyclic) bond motifs is 1. The Kier molecular flexibility index (Phi) is 4.93. The van der Waals surface area contributed by atoms with Crippen LogP contribution in [0.4, 0.5) is 4.79 Å². The van der Waals surface area contributed by atoms with Crippen molar-refractivity contribution in [2.45, 2.75) is 56.8 Å². The van der Waals surface area contributed by atoms with Gasteiger partial charge >= 0.3 is 6.03 Å². The molecule has 2 amide bonds. The van der Waals surface area contributed by atoms with Gasteiger partial charge in [-0.15, -0.1) is 0 Å². The average molecular weight is 350 g/mol. The number of hydrogen-bond donors (Lipinski definition) is 2.